The Hall–Kier alpha value is -3.67. The van der Waals surface area contributed by atoms with Gasteiger partial charge in [0.05, 0.1) is 23.9 Å². The van der Waals surface area contributed by atoms with E-state index in [1.165, 1.54) is 18.4 Å². The Kier molecular flexibility index (Phi) is 4.08. The molecule has 0 radical (unpaired) electrons. The molecule has 0 saturated carbocycles. The van der Waals surface area contributed by atoms with Gasteiger partial charge in [-0.25, -0.2) is 0 Å². The lowest BCUT2D eigenvalue weighted by Crippen LogP contribution is -2.28. The highest BCUT2D eigenvalue weighted by Gasteiger charge is 2.36. The summed E-state index contributed by atoms with van der Waals surface area (Å²) < 4.78 is 5.22. The fourth-order valence-corrected chi connectivity index (χ4v) is 3.04. The van der Waals surface area contributed by atoms with Crippen LogP contribution in [0.1, 0.15) is 42.4 Å². The highest BCUT2D eigenvalue weighted by molar-refractivity contribution is 6.22. The zero-order chi connectivity index (χ0) is 19.0. The smallest absolute Gasteiger partial charge is 0.261 e. The van der Waals surface area contributed by atoms with Gasteiger partial charge < -0.3 is 9.73 Å². The number of para-hydroxylation sites is 1. The molecule has 6 nitrogen and oxygen atoms in total. The molecule has 134 valence electrons. The second kappa shape index (κ2) is 6.57. The molecule has 27 heavy (non-hydrogen) atoms. The fraction of sp³-hybridized carbons (Fsp3) is 0.0952. The SMILES string of the molecule is Cc1ccccc1NC(=O)c1ccc2c(c1)C(=O)N(Cc1ccco1)C2=O. The predicted octanol–water partition coefficient (Wildman–Crippen LogP) is 3.64. The molecule has 0 unspecified atom stereocenters. The van der Waals surface area contributed by atoms with E-state index in [9.17, 15) is 14.4 Å². The van der Waals surface area contributed by atoms with E-state index in [1.54, 1.807) is 24.3 Å². The van der Waals surface area contributed by atoms with E-state index in [0.29, 0.717) is 22.6 Å². The van der Waals surface area contributed by atoms with Crippen molar-refractivity contribution in [3.63, 3.8) is 0 Å². The summed E-state index contributed by atoms with van der Waals surface area (Å²) in [5.74, 6) is -0.645. The van der Waals surface area contributed by atoms with E-state index < -0.39 is 11.8 Å². The van der Waals surface area contributed by atoms with Gasteiger partial charge in [0.25, 0.3) is 17.7 Å². The van der Waals surface area contributed by atoms with Gasteiger partial charge in [-0.15, -0.1) is 0 Å². The average molecular weight is 360 g/mol. The Morgan fingerprint density at radius 2 is 1.78 bits per heavy atom. The number of hydrogen-bond donors (Lipinski definition) is 1. The normalized spacial score (nSPS) is 13.0. The number of benzene rings is 2. The maximum atomic E-state index is 12.7. The van der Waals surface area contributed by atoms with Crippen LogP contribution in [0.4, 0.5) is 5.69 Å². The Morgan fingerprint density at radius 3 is 2.52 bits per heavy atom. The summed E-state index contributed by atoms with van der Waals surface area (Å²) in [5, 5.41) is 2.83. The Labute approximate surface area is 155 Å². The predicted molar refractivity (Wildman–Crippen MR) is 98.5 cm³/mol. The number of imide groups is 1. The van der Waals surface area contributed by atoms with Gasteiger partial charge in [0, 0.05) is 11.3 Å². The van der Waals surface area contributed by atoms with Gasteiger partial charge in [0.15, 0.2) is 0 Å². The van der Waals surface area contributed by atoms with Crippen molar-refractivity contribution < 1.29 is 18.8 Å². The molecule has 0 saturated heterocycles. The summed E-state index contributed by atoms with van der Waals surface area (Å²) in [6.07, 6.45) is 1.49. The van der Waals surface area contributed by atoms with Crippen LogP contribution in [0.2, 0.25) is 0 Å². The molecule has 0 aliphatic carbocycles. The number of furan rings is 1. The molecule has 2 aromatic carbocycles. The number of hydrogen-bond acceptors (Lipinski definition) is 4. The zero-order valence-electron chi connectivity index (χ0n) is 14.6. The largest absolute Gasteiger partial charge is 0.467 e. The number of nitrogens with zero attached hydrogens (tertiary/aromatic N) is 1. The van der Waals surface area contributed by atoms with Gasteiger partial charge in [-0.3, -0.25) is 19.3 Å². The molecule has 4 rings (SSSR count). The molecule has 0 spiro atoms. The van der Waals surface area contributed by atoms with Crippen molar-refractivity contribution in [2.24, 2.45) is 0 Å². The first-order valence-electron chi connectivity index (χ1n) is 8.44. The molecule has 1 N–H and O–H groups in total. The third-order valence-electron chi connectivity index (χ3n) is 4.52. The number of rotatable bonds is 4. The number of amides is 3. The first-order chi connectivity index (χ1) is 13.0. The lowest BCUT2D eigenvalue weighted by molar-refractivity contribution is 0.0631. The molecule has 6 heteroatoms. The van der Waals surface area contributed by atoms with Crippen molar-refractivity contribution in [2.75, 3.05) is 5.32 Å². The maximum absolute atomic E-state index is 12.7. The minimum Gasteiger partial charge on any atom is -0.467 e. The van der Waals surface area contributed by atoms with Gasteiger partial charge in [0.2, 0.25) is 0 Å². The molecule has 3 aromatic rings. The van der Waals surface area contributed by atoms with E-state index in [-0.39, 0.29) is 18.0 Å². The molecule has 0 atom stereocenters. The van der Waals surface area contributed by atoms with Crippen molar-refractivity contribution in [3.05, 3.63) is 88.9 Å². The van der Waals surface area contributed by atoms with Crippen molar-refractivity contribution in [3.8, 4) is 0 Å². The Morgan fingerprint density at radius 1 is 1.00 bits per heavy atom. The van der Waals surface area contributed by atoms with Gasteiger partial charge in [-0.05, 0) is 48.9 Å². The summed E-state index contributed by atoms with van der Waals surface area (Å²) >= 11 is 0. The summed E-state index contributed by atoms with van der Waals surface area (Å²) in [6, 6.07) is 15.3. The fourth-order valence-electron chi connectivity index (χ4n) is 3.04. The zero-order valence-corrected chi connectivity index (χ0v) is 14.6. The van der Waals surface area contributed by atoms with Gasteiger partial charge in [-0.2, -0.15) is 0 Å². The Balaban J connectivity index is 1.59. The van der Waals surface area contributed by atoms with E-state index in [1.807, 2.05) is 25.1 Å². The molecule has 0 fully saturated rings. The van der Waals surface area contributed by atoms with Crippen LogP contribution in [-0.2, 0) is 6.54 Å². The first-order valence-corrected chi connectivity index (χ1v) is 8.44. The average Bonchev–Trinajstić information content (AvgIpc) is 3.26. The molecular formula is C21H16N2O4. The minimum atomic E-state index is -0.433. The van der Waals surface area contributed by atoms with Crippen LogP contribution in [-0.4, -0.2) is 22.6 Å². The first kappa shape index (κ1) is 16.8. The molecule has 0 bridgehead atoms. The van der Waals surface area contributed by atoms with Crippen molar-refractivity contribution >= 4 is 23.4 Å². The number of nitrogens with one attached hydrogen (secondary N) is 1. The quantitative estimate of drug-likeness (QED) is 0.721. The molecule has 1 aliphatic heterocycles. The molecule has 3 amide bonds. The molecule has 2 heterocycles. The van der Waals surface area contributed by atoms with Crippen molar-refractivity contribution in [2.45, 2.75) is 13.5 Å². The number of carbonyl (C=O) groups is 3. The third kappa shape index (κ3) is 3.01. The summed E-state index contributed by atoms with van der Waals surface area (Å²) in [6.45, 7) is 1.96. The number of carbonyl (C=O) groups excluding carboxylic acids is 3. The van der Waals surface area contributed by atoms with Crippen LogP contribution < -0.4 is 5.32 Å². The standard InChI is InChI=1S/C21H16N2O4/c1-13-5-2-3-7-18(13)22-19(24)14-8-9-16-17(11-14)21(26)23(20(16)25)12-15-6-4-10-27-15/h2-11H,12H2,1H3,(H,22,24). The lowest BCUT2D eigenvalue weighted by atomic mass is 10.0. The maximum Gasteiger partial charge on any atom is 0.261 e. The van der Waals surface area contributed by atoms with Crippen LogP contribution in [0.25, 0.3) is 0 Å². The highest BCUT2D eigenvalue weighted by Crippen LogP contribution is 2.26. The van der Waals surface area contributed by atoms with Gasteiger partial charge in [0.1, 0.15) is 5.76 Å². The monoisotopic (exact) mass is 360 g/mol. The Bertz CT molecular complexity index is 1050. The van der Waals surface area contributed by atoms with Crippen molar-refractivity contribution in [1.29, 1.82) is 0 Å². The van der Waals surface area contributed by atoms with E-state index >= 15 is 0 Å². The third-order valence-corrected chi connectivity index (χ3v) is 4.52. The number of anilines is 1. The van der Waals surface area contributed by atoms with E-state index in [4.69, 9.17) is 4.42 Å². The second-order valence-electron chi connectivity index (χ2n) is 6.31. The second-order valence-corrected chi connectivity index (χ2v) is 6.31. The van der Waals surface area contributed by atoms with Crippen LogP contribution in [0, 0.1) is 6.92 Å². The molecular weight excluding hydrogens is 344 g/mol. The van der Waals surface area contributed by atoms with Gasteiger partial charge in [-0.1, -0.05) is 18.2 Å². The topological polar surface area (TPSA) is 79.6 Å². The minimum absolute atomic E-state index is 0.0596. The van der Waals surface area contributed by atoms with Crippen LogP contribution in [0.3, 0.4) is 0 Å². The van der Waals surface area contributed by atoms with Crippen LogP contribution in [0.5, 0.6) is 0 Å². The molecule has 1 aromatic heterocycles. The van der Waals surface area contributed by atoms with Crippen molar-refractivity contribution in [1.82, 2.24) is 4.90 Å². The van der Waals surface area contributed by atoms with Crippen LogP contribution in [0.15, 0.2) is 65.3 Å². The number of fused-ring (bicyclic) bond motifs is 1. The lowest BCUT2D eigenvalue weighted by Gasteiger charge is -2.11. The number of aryl methyl sites for hydroxylation is 1. The van der Waals surface area contributed by atoms with E-state index in [2.05, 4.69) is 5.32 Å². The summed E-state index contributed by atoms with van der Waals surface area (Å²) in [4.78, 5) is 38.8. The summed E-state index contributed by atoms with van der Waals surface area (Å²) in [7, 11) is 0. The molecule has 1 aliphatic rings. The summed E-state index contributed by atoms with van der Waals surface area (Å²) in [5.41, 5.74) is 2.47. The van der Waals surface area contributed by atoms with Gasteiger partial charge >= 0.3 is 0 Å². The highest BCUT2D eigenvalue weighted by atomic mass is 16.3. The van der Waals surface area contributed by atoms with E-state index in [0.717, 1.165) is 10.5 Å². The van der Waals surface area contributed by atoms with Crippen LogP contribution >= 0.6 is 0 Å².